The summed E-state index contributed by atoms with van der Waals surface area (Å²) in [5, 5.41) is 1.46. The number of carbonyl (C=O) groups is 3. The first kappa shape index (κ1) is 26.3. The summed E-state index contributed by atoms with van der Waals surface area (Å²) in [6.45, 7) is 1.45. The molecular weight excluding hydrogens is 523 g/mol. The highest BCUT2D eigenvalue weighted by molar-refractivity contribution is 7.11. The Kier molecular flexibility index (Phi) is 8.22. The van der Waals surface area contributed by atoms with E-state index >= 15 is 0 Å². The van der Waals surface area contributed by atoms with Gasteiger partial charge < -0.3 is 19.9 Å². The Morgan fingerprint density at radius 2 is 1.89 bits per heavy atom. The Morgan fingerprint density at radius 1 is 1.14 bits per heavy atom. The molecule has 1 aliphatic heterocycles. The minimum atomic E-state index is -1.07. The molecule has 8 nitrogen and oxygen atoms in total. The van der Waals surface area contributed by atoms with Crippen molar-refractivity contribution >= 4 is 57.9 Å². The molecule has 3 aromatic rings. The summed E-state index contributed by atoms with van der Waals surface area (Å²) in [5.41, 5.74) is 6.29. The molecule has 1 aliphatic rings. The summed E-state index contributed by atoms with van der Waals surface area (Å²) in [7, 11) is 0. The molecule has 11 heteroatoms. The van der Waals surface area contributed by atoms with Crippen LogP contribution in [0.15, 0.2) is 60.0 Å². The molecular formula is C26H22ClFN2O6S. The number of amides is 3. The number of nitrogens with zero attached hydrogens (tertiary/aromatic N) is 1. The van der Waals surface area contributed by atoms with Gasteiger partial charge in [0.1, 0.15) is 5.82 Å². The first-order valence-corrected chi connectivity index (χ1v) is 12.4. The minimum absolute atomic E-state index is 0.00206. The highest BCUT2D eigenvalue weighted by atomic mass is 35.5. The molecule has 0 radical (unpaired) electrons. The summed E-state index contributed by atoms with van der Waals surface area (Å²) in [6, 6.07) is 13.9. The van der Waals surface area contributed by atoms with Crippen LogP contribution in [0.5, 0.6) is 0 Å². The van der Waals surface area contributed by atoms with Crippen molar-refractivity contribution in [3.05, 3.63) is 86.8 Å². The maximum atomic E-state index is 14.4. The molecule has 0 saturated carbocycles. The number of anilines is 1. The van der Waals surface area contributed by atoms with Crippen LogP contribution in [0, 0.1) is 5.82 Å². The second-order valence-corrected chi connectivity index (χ2v) is 9.22. The molecule has 0 saturated heterocycles. The summed E-state index contributed by atoms with van der Waals surface area (Å²) in [5.74, 6) is -2.27. The van der Waals surface area contributed by atoms with Crippen molar-refractivity contribution in [1.29, 1.82) is 0 Å². The highest BCUT2D eigenvalue weighted by Crippen LogP contribution is 2.43. The van der Waals surface area contributed by atoms with E-state index in [2.05, 4.69) is 0 Å². The van der Waals surface area contributed by atoms with Crippen molar-refractivity contribution in [2.24, 2.45) is 5.73 Å². The number of imide groups is 1. The number of urea groups is 1. The fraction of sp³-hybridized carbons (Fsp3) is 0.192. The van der Waals surface area contributed by atoms with Crippen LogP contribution in [0.1, 0.15) is 29.3 Å². The van der Waals surface area contributed by atoms with Gasteiger partial charge in [0.25, 0.3) is 5.91 Å². The smallest absolute Gasteiger partial charge is 0.338 e. The number of rotatable bonds is 9. The number of esters is 1. The van der Waals surface area contributed by atoms with Gasteiger partial charge in [0.15, 0.2) is 11.9 Å². The monoisotopic (exact) mass is 544 g/mol. The number of fused-ring (bicyclic) bond motifs is 1. The standard InChI is InChI=1S/C26H22ClFN2O6S/c1-2-20(34-13-15-7-4-3-5-8-15)25(32)36-14-35-23(21-9-6-10-37-21)22-16-11-18(28)17(27)12-19(16)30(24(22)31)26(29)33/h3-12,20H,2,13-14H2,1H3,(H2,29,33)/b23-22+. The van der Waals surface area contributed by atoms with Crippen LogP contribution in [-0.4, -0.2) is 30.8 Å². The van der Waals surface area contributed by atoms with E-state index in [1.165, 1.54) is 11.3 Å². The summed E-state index contributed by atoms with van der Waals surface area (Å²) >= 11 is 7.12. The number of hydrogen-bond acceptors (Lipinski definition) is 7. The van der Waals surface area contributed by atoms with Gasteiger partial charge in [-0.15, -0.1) is 11.3 Å². The van der Waals surface area contributed by atoms with Gasteiger partial charge in [-0.05, 0) is 35.6 Å². The van der Waals surface area contributed by atoms with E-state index in [9.17, 15) is 18.8 Å². The normalized spacial score (nSPS) is 14.8. The number of halogens is 2. The van der Waals surface area contributed by atoms with Crippen molar-refractivity contribution in [3.63, 3.8) is 0 Å². The Labute approximate surface area is 221 Å². The molecule has 37 heavy (non-hydrogen) atoms. The van der Waals surface area contributed by atoms with E-state index in [0.29, 0.717) is 16.2 Å². The lowest BCUT2D eigenvalue weighted by Crippen LogP contribution is -2.38. The number of ether oxygens (including phenoxy) is 3. The van der Waals surface area contributed by atoms with Gasteiger partial charge in [-0.25, -0.2) is 18.9 Å². The Balaban J connectivity index is 1.57. The van der Waals surface area contributed by atoms with Crippen LogP contribution < -0.4 is 10.6 Å². The van der Waals surface area contributed by atoms with Crippen molar-refractivity contribution < 1.29 is 33.0 Å². The third kappa shape index (κ3) is 5.66. The van der Waals surface area contributed by atoms with Gasteiger partial charge >= 0.3 is 12.0 Å². The predicted octanol–water partition coefficient (Wildman–Crippen LogP) is 5.35. The van der Waals surface area contributed by atoms with Crippen molar-refractivity contribution in [3.8, 4) is 0 Å². The summed E-state index contributed by atoms with van der Waals surface area (Å²) in [6.07, 6.45) is -0.471. The highest BCUT2D eigenvalue weighted by Gasteiger charge is 2.40. The van der Waals surface area contributed by atoms with E-state index in [4.69, 9.17) is 31.5 Å². The van der Waals surface area contributed by atoms with Crippen LogP contribution in [0.2, 0.25) is 5.02 Å². The molecule has 1 unspecified atom stereocenters. The average Bonchev–Trinajstić information content (AvgIpc) is 3.50. The van der Waals surface area contributed by atoms with E-state index in [1.54, 1.807) is 24.4 Å². The van der Waals surface area contributed by atoms with Crippen LogP contribution in [0.4, 0.5) is 14.9 Å². The minimum Gasteiger partial charge on any atom is -0.455 e. The second kappa shape index (κ2) is 11.5. The first-order valence-electron chi connectivity index (χ1n) is 11.2. The molecule has 3 amide bonds. The molecule has 0 bridgehead atoms. The van der Waals surface area contributed by atoms with Gasteiger partial charge in [-0.2, -0.15) is 0 Å². The lowest BCUT2D eigenvalue weighted by atomic mass is 10.0. The van der Waals surface area contributed by atoms with E-state index in [-0.39, 0.29) is 34.2 Å². The average molecular weight is 545 g/mol. The SMILES string of the molecule is CCC(OCc1ccccc1)C(=O)OCO/C(=C1/C(=O)N(C(N)=O)c2cc(Cl)c(F)cc21)c1cccs1. The number of benzene rings is 2. The molecule has 0 spiro atoms. The lowest BCUT2D eigenvalue weighted by molar-refractivity contribution is -0.166. The zero-order chi connectivity index (χ0) is 26.5. The van der Waals surface area contributed by atoms with Crippen LogP contribution in [0.3, 0.4) is 0 Å². The zero-order valence-electron chi connectivity index (χ0n) is 19.6. The number of primary amides is 1. The Bertz CT molecular complexity index is 1350. The van der Waals surface area contributed by atoms with Crippen molar-refractivity contribution in [2.45, 2.75) is 26.1 Å². The van der Waals surface area contributed by atoms with Gasteiger partial charge in [0.2, 0.25) is 6.79 Å². The largest absolute Gasteiger partial charge is 0.455 e. The zero-order valence-corrected chi connectivity index (χ0v) is 21.2. The van der Waals surface area contributed by atoms with E-state index < -0.39 is 36.6 Å². The fourth-order valence-corrected chi connectivity index (χ4v) is 4.62. The van der Waals surface area contributed by atoms with Crippen LogP contribution in [0.25, 0.3) is 11.3 Å². The van der Waals surface area contributed by atoms with Crippen molar-refractivity contribution in [2.75, 3.05) is 11.7 Å². The molecule has 1 atom stereocenters. The van der Waals surface area contributed by atoms with Crippen LogP contribution in [-0.2, 0) is 30.4 Å². The number of carbonyl (C=O) groups excluding carboxylic acids is 3. The van der Waals surface area contributed by atoms with Crippen LogP contribution >= 0.6 is 22.9 Å². The topological polar surface area (TPSA) is 108 Å². The third-order valence-electron chi connectivity index (χ3n) is 5.49. The van der Waals surface area contributed by atoms with E-state index in [1.807, 2.05) is 30.3 Å². The summed E-state index contributed by atoms with van der Waals surface area (Å²) < 4.78 is 31.1. The Morgan fingerprint density at radius 3 is 2.54 bits per heavy atom. The molecule has 2 heterocycles. The molecule has 4 rings (SSSR count). The van der Waals surface area contributed by atoms with Gasteiger partial charge in [0, 0.05) is 5.56 Å². The van der Waals surface area contributed by atoms with E-state index in [0.717, 1.165) is 17.7 Å². The number of hydrogen-bond donors (Lipinski definition) is 1. The van der Waals surface area contributed by atoms with Gasteiger partial charge in [0.05, 0.1) is 27.8 Å². The fourth-order valence-electron chi connectivity index (χ4n) is 3.73. The van der Waals surface area contributed by atoms with Gasteiger partial charge in [-0.1, -0.05) is 54.9 Å². The molecule has 1 aromatic heterocycles. The molecule has 2 aromatic carbocycles. The Hall–Kier alpha value is -3.73. The third-order valence-corrected chi connectivity index (χ3v) is 6.65. The maximum absolute atomic E-state index is 14.4. The molecule has 192 valence electrons. The van der Waals surface area contributed by atoms with Gasteiger partial charge in [-0.3, -0.25) is 4.79 Å². The molecule has 0 aliphatic carbocycles. The second-order valence-electron chi connectivity index (χ2n) is 7.86. The predicted molar refractivity (Wildman–Crippen MR) is 137 cm³/mol. The molecule has 0 fully saturated rings. The molecule has 2 N–H and O–H groups in total. The maximum Gasteiger partial charge on any atom is 0.338 e. The lowest BCUT2D eigenvalue weighted by Gasteiger charge is -2.17. The van der Waals surface area contributed by atoms with Crippen molar-refractivity contribution in [1.82, 2.24) is 0 Å². The summed E-state index contributed by atoms with van der Waals surface area (Å²) in [4.78, 5) is 39.1. The first-order chi connectivity index (χ1) is 17.8. The number of thiophene rings is 1. The number of nitrogens with two attached hydrogens (primary N) is 1. The quantitative estimate of drug-likeness (QED) is 0.168.